The number of para-hydroxylation sites is 1. The predicted octanol–water partition coefficient (Wildman–Crippen LogP) is 4.47. The average molecular weight is 482 g/mol. The van der Waals surface area contributed by atoms with Gasteiger partial charge in [-0.3, -0.25) is 0 Å². The highest BCUT2D eigenvalue weighted by Crippen LogP contribution is 2.26. The second-order valence-corrected chi connectivity index (χ2v) is 7.83. The van der Waals surface area contributed by atoms with Gasteiger partial charge in [-0.1, -0.05) is 46.3 Å². The van der Waals surface area contributed by atoms with E-state index in [1.54, 1.807) is 12.1 Å². The zero-order valence-corrected chi connectivity index (χ0v) is 18.1. The molecule has 4 rings (SSSR count). The van der Waals surface area contributed by atoms with Crippen molar-refractivity contribution in [3.63, 3.8) is 0 Å². The zero-order valence-electron chi connectivity index (χ0n) is 16.5. The Balaban J connectivity index is 1.48. The van der Waals surface area contributed by atoms with Crippen molar-refractivity contribution in [2.45, 2.75) is 13.2 Å². The van der Waals surface area contributed by atoms with Crippen LogP contribution < -0.4 is 15.2 Å². The van der Waals surface area contributed by atoms with Crippen molar-refractivity contribution in [1.29, 1.82) is 0 Å². The average Bonchev–Trinajstić information content (AvgIpc) is 3.06. The highest BCUT2D eigenvalue weighted by atomic mass is 79.9. The first-order chi connectivity index (χ1) is 15.0. The summed E-state index contributed by atoms with van der Waals surface area (Å²) >= 11 is 3.46. The molecule has 0 aliphatic carbocycles. The summed E-state index contributed by atoms with van der Waals surface area (Å²) < 4.78 is 14.1. The topological polar surface area (TPSA) is 99.6 Å². The van der Waals surface area contributed by atoms with E-state index in [0.717, 1.165) is 32.4 Å². The molecule has 0 bridgehead atoms. The summed E-state index contributed by atoms with van der Waals surface area (Å²) in [5.41, 5.74) is 9.88. The molecule has 1 aromatic heterocycles. The molecule has 7 nitrogen and oxygen atoms in total. The maximum atomic E-state index is 10.6. The van der Waals surface area contributed by atoms with Crippen molar-refractivity contribution in [2.24, 2.45) is 0 Å². The number of benzene rings is 3. The number of carboxylic acid groups (broad SMARTS) is 1. The normalized spacial score (nSPS) is 10.9. The number of aromatic nitrogens is 2. The molecule has 0 amide bonds. The van der Waals surface area contributed by atoms with E-state index in [9.17, 15) is 4.79 Å². The quantitative estimate of drug-likeness (QED) is 0.385. The fraction of sp³-hybridized carbons (Fsp3) is 0.130. The third kappa shape index (κ3) is 4.97. The lowest BCUT2D eigenvalue weighted by molar-refractivity contribution is -0.139. The predicted molar refractivity (Wildman–Crippen MR) is 121 cm³/mol. The van der Waals surface area contributed by atoms with Crippen molar-refractivity contribution in [3.05, 3.63) is 82.3 Å². The number of carboxylic acids is 1. The summed E-state index contributed by atoms with van der Waals surface area (Å²) in [6, 6.07) is 20.8. The highest BCUT2D eigenvalue weighted by Gasteiger charge is 2.12. The van der Waals surface area contributed by atoms with E-state index < -0.39 is 5.97 Å². The SMILES string of the molecule is Nc1nc2cc(Br)ccc2n1Cc1ccccc1OCc1ccc(OCC(=O)O)cc1. The largest absolute Gasteiger partial charge is 0.489 e. The Morgan fingerprint density at radius 2 is 1.84 bits per heavy atom. The van der Waals surface area contributed by atoms with Gasteiger partial charge in [-0.05, 0) is 42.0 Å². The van der Waals surface area contributed by atoms with E-state index in [0.29, 0.717) is 24.8 Å². The number of nitrogens with two attached hydrogens (primary N) is 1. The second-order valence-electron chi connectivity index (χ2n) is 6.91. The highest BCUT2D eigenvalue weighted by molar-refractivity contribution is 9.10. The van der Waals surface area contributed by atoms with E-state index in [1.165, 1.54) is 0 Å². The van der Waals surface area contributed by atoms with Gasteiger partial charge in [-0.15, -0.1) is 0 Å². The number of nitrogen functional groups attached to an aromatic ring is 1. The van der Waals surface area contributed by atoms with Crippen LogP contribution in [0.4, 0.5) is 5.95 Å². The van der Waals surface area contributed by atoms with Crippen LogP contribution in [0, 0.1) is 0 Å². The third-order valence-corrected chi connectivity index (χ3v) is 5.21. The maximum absolute atomic E-state index is 10.6. The van der Waals surface area contributed by atoms with Crippen LogP contribution in [0.25, 0.3) is 11.0 Å². The van der Waals surface area contributed by atoms with Gasteiger partial charge in [0.15, 0.2) is 6.61 Å². The molecule has 3 aromatic carbocycles. The third-order valence-electron chi connectivity index (χ3n) is 4.72. The number of nitrogens with zero attached hydrogens (tertiary/aromatic N) is 2. The Morgan fingerprint density at radius 3 is 2.61 bits per heavy atom. The molecule has 0 unspecified atom stereocenters. The van der Waals surface area contributed by atoms with E-state index in [-0.39, 0.29) is 6.61 Å². The number of halogens is 1. The molecule has 0 atom stereocenters. The van der Waals surface area contributed by atoms with Crippen LogP contribution in [-0.2, 0) is 17.9 Å². The Morgan fingerprint density at radius 1 is 1.06 bits per heavy atom. The molecule has 4 aromatic rings. The second kappa shape index (κ2) is 9.09. The molecule has 0 saturated heterocycles. The van der Waals surface area contributed by atoms with Crippen molar-refractivity contribution in [3.8, 4) is 11.5 Å². The summed E-state index contributed by atoms with van der Waals surface area (Å²) in [4.78, 5) is 15.0. The van der Waals surface area contributed by atoms with Gasteiger partial charge in [0.25, 0.3) is 0 Å². The van der Waals surface area contributed by atoms with E-state index >= 15 is 0 Å². The van der Waals surface area contributed by atoms with Gasteiger partial charge in [0.1, 0.15) is 18.1 Å². The minimum atomic E-state index is -1.01. The number of anilines is 1. The van der Waals surface area contributed by atoms with Gasteiger partial charge in [0.2, 0.25) is 5.95 Å². The Hall–Kier alpha value is -3.52. The van der Waals surface area contributed by atoms with E-state index in [2.05, 4.69) is 20.9 Å². The fourth-order valence-corrected chi connectivity index (χ4v) is 3.57. The number of aliphatic carboxylic acids is 1. The van der Waals surface area contributed by atoms with Crippen molar-refractivity contribution < 1.29 is 19.4 Å². The molecule has 0 spiro atoms. The summed E-state index contributed by atoms with van der Waals surface area (Å²) in [6.45, 7) is 0.525. The number of hydrogen-bond donors (Lipinski definition) is 2. The van der Waals surface area contributed by atoms with Crippen LogP contribution in [0.3, 0.4) is 0 Å². The molecular formula is C23H20BrN3O4. The lowest BCUT2D eigenvalue weighted by atomic mass is 10.2. The number of rotatable bonds is 8. The monoisotopic (exact) mass is 481 g/mol. The fourth-order valence-electron chi connectivity index (χ4n) is 3.22. The smallest absolute Gasteiger partial charge is 0.341 e. The lowest BCUT2D eigenvalue weighted by Gasteiger charge is -2.13. The number of imidazole rings is 1. The Kier molecular flexibility index (Phi) is 6.08. The Labute approximate surface area is 187 Å². The first-order valence-corrected chi connectivity index (χ1v) is 10.3. The van der Waals surface area contributed by atoms with E-state index in [4.69, 9.17) is 20.3 Å². The van der Waals surface area contributed by atoms with Crippen LogP contribution in [0.1, 0.15) is 11.1 Å². The van der Waals surface area contributed by atoms with Gasteiger partial charge in [0, 0.05) is 10.0 Å². The summed E-state index contributed by atoms with van der Waals surface area (Å²) in [6.07, 6.45) is 0. The molecule has 0 saturated carbocycles. The van der Waals surface area contributed by atoms with Gasteiger partial charge in [0.05, 0.1) is 17.6 Å². The van der Waals surface area contributed by atoms with Gasteiger partial charge >= 0.3 is 5.97 Å². The van der Waals surface area contributed by atoms with Crippen molar-refractivity contribution in [1.82, 2.24) is 9.55 Å². The van der Waals surface area contributed by atoms with Crippen LogP contribution >= 0.6 is 15.9 Å². The number of carbonyl (C=O) groups is 1. The lowest BCUT2D eigenvalue weighted by Crippen LogP contribution is -2.09. The molecular weight excluding hydrogens is 462 g/mol. The summed E-state index contributed by atoms with van der Waals surface area (Å²) in [5, 5.41) is 8.68. The van der Waals surface area contributed by atoms with Crippen LogP contribution in [0.5, 0.6) is 11.5 Å². The van der Waals surface area contributed by atoms with Crippen molar-refractivity contribution in [2.75, 3.05) is 12.3 Å². The van der Waals surface area contributed by atoms with Gasteiger partial charge in [-0.2, -0.15) is 0 Å². The minimum Gasteiger partial charge on any atom is -0.489 e. The first-order valence-electron chi connectivity index (χ1n) is 9.55. The number of fused-ring (bicyclic) bond motifs is 1. The number of ether oxygens (including phenoxy) is 2. The number of hydrogen-bond acceptors (Lipinski definition) is 5. The standard InChI is InChI=1S/C23H20BrN3O4/c24-17-7-10-20-19(11-17)26-23(25)27(20)12-16-3-1-2-4-21(16)31-13-15-5-8-18(9-6-15)30-14-22(28)29/h1-11H,12-14H2,(H2,25,26)(H,28,29). The van der Waals surface area contributed by atoms with Gasteiger partial charge in [-0.25, -0.2) is 9.78 Å². The Bertz CT molecular complexity index is 1220. The van der Waals surface area contributed by atoms with Crippen molar-refractivity contribution >= 4 is 38.9 Å². The molecule has 0 radical (unpaired) electrons. The molecule has 8 heteroatoms. The maximum Gasteiger partial charge on any atom is 0.341 e. The van der Waals surface area contributed by atoms with E-state index in [1.807, 2.05) is 59.2 Å². The molecule has 158 valence electrons. The molecule has 1 heterocycles. The molecule has 0 fully saturated rings. The summed E-state index contributed by atoms with van der Waals surface area (Å²) in [7, 11) is 0. The molecule has 0 aliphatic heterocycles. The van der Waals surface area contributed by atoms with Crippen LogP contribution in [0.2, 0.25) is 0 Å². The first kappa shape index (κ1) is 20.7. The molecule has 0 aliphatic rings. The van der Waals surface area contributed by atoms with Crippen LogP contribution in [0.15, 0.2) is 71.2 Å². The minimum absolute atomic E-state index is 0.364. The summed E-state index contributed by atoms with van der Waals surface area (Å²) in [5.74, 6) is 0.690. The van der Waals surface area contributed by atoms with Crippen LogP contribution in [-0.4, -0.2) is 27.2 Å². The molecule has 3 N–H and O–H groups in total. The van der Waals surface area contributed by atoms with Gasteiger partial charge < -0.3 is 24.9 Å². The zero-order chi connectivity index (χ0) is 21.8. The molecule has 31 heavy (non-hydrogen) atoms.